The lowest BCUT2D eigenvalue weighted by Gasteiger charge is -2.36. The van der Waals surface area contributed by atoms with Crippen LogP contribution in [-0.2, 0) is 9.59 Å². The molecule has 0 saturated heterocycles. The molecule has 0 aromatic heterocycles. The van der Waals surface area contributed by atoms with Crippen molar-refractivity contribution in [1.29, 1.82) is 0 Å². The molecule has 0 heterocycles. The van der Waals surface area contributed by atoms with Gasteiger partial charge in [0, 0.05) is 5.92 Å². The van der Waals surface area contributed by atoms with Crippen LogP contribution in [0.3, 0.4) is 0 Å². The minimum absolute atomic E-state index is 0.326. The number of aliphatic carboxylic acids is 1. The fraction of sp³-hybridized carbons (Fsp3) is 0.714. The lowest BCUT2D eigenvalue weighted by Crippen LogP contribution is -2.51. The van der Waals surface area contributed by atoms with Crippen LogP contribution < -0.4 is 5.32 Å². The topological polar surface area (TPSA) is 86.6 Å². The molecule has 12 heavy (non-hydrogen) atoms. The molecule has 1 aliphatic rings. The molecular weight excluding hydrogens is 162 g/mol. The van der Waals surface area contributed by atoms with Gasteiger partial charge in [0.05, 0.1) is 6.10 Å². The number of rotatable bonds is 4. The molecule has 1 aliphatic carbocycles. The van der Waals surface area contributed by atoms with Crippen LogP contribution >= 0.6 is 0 Å². The van der Waals surface area contributed by atoms with Crippen LogP contribution in [0.1, 0.15) is 12.8 Å². The number of amides is 1. The largest absolute Gasteiger partial charge is 0.480 e. The van der Waals surface area contributed by atoms with Crippen LogP contribution in [0.25, 0.3) is 0 Å². The Morgan fingerprint density at radius 3 is 2.50 bits per heavy atom. The number of carbonyl (C=O) groups is 2. The highest BCUT2D eigenvalue weighted by Gasteiger charge is 2.39. The predicted octanol–water partition coefficient (Wildman–Crippen LogP) is -1.04. The van der Waals surface area contributed by atoms with Crippen molar-refractivity contribution in [3.63, 3.8) is 0 Å². The number of carboxylic acids is 1. The molecule has 3 atom stereocenters. The maximum absolute atomic E-state index is 10.5. The molecule has 0 aromatic rings. The van der Waals surface area contributed by atoms with Gasteiger partial charge in [-0.2, -0.15) is 0 Å². The Bertz CT molecular complexity index is 194. The molecule has 3 N–H and O–H groups in total. The van der Waals surface area contributed by atoms with Gasteiger partial charge in [0.25, 0.3) is 0 Å². The molecular formula is C7H11NO4. The lowest BCUT2D eigenvalue weighted by molar-refractivity contribution is -0.146. The van der Waals surface area contributed by atoms with Crippen molar-refractivity contribution in [2.24, 2.45) is 5.92 Å². The molecule has 68 valence electrons. The molecule has 0 bridgehead atoms. The Kier molecular flexibility index (Phi) is 2.65. The summed E-state index contributed by atoms with van der Waals surface area (Å²) in [6.07, 6.45) is 1.04. The quantitative estimate of drug-likeness (QED) is 0.474. The van der Waals surface area contributed by atoms with Gasteiger partial charge in [-0.1, -0.05) is 0 Å². The summed E-state index contributed by atoms with van der Waals surface area (Å²) in [6.45, 7) is 0. The second-order valence-corrected chi connectivity index (χ2v) is 2.91. The minimum atomic E-state index is -1.09. The van der Waals surface area contributed by atoms with Crippen LogP contribution in [0.5, 0.6) is 0 Å². The van der Waals surface area contributed by atoms with E-state index in [1.165, 1.54) is 0 Å². The summed E-state index contributed by atoms with van der Waals surface area (Å²) < 4.78 is 0. The van der Waals surface area contributed by atoms with Crippen molar-refractivity contribution in [3.8, 4) is 0 Å². The first kappa shape index (κ1) is 8.99. The Labute approximate surface area is 69.4 Å². The van der Waals surface area contributed by atoms with E-state index < -0.39 is 18.1 Å². The highest BCUT2D eigenvalue weighted by molar-refractivity contribution is 5.76. The number of carbonyl (C=O) groups excluding carboxylic acids is 1. The average Bonchev–Trinajstić information content (AvgIpc) is 2.01. The lowest BCUT2D eigenvalue weighted by atomic mass is 9.77. The second kappa shape index (κ2) is 3.53. The first-order valence-electron chi connectivity index (χ1n) is 3.77. The molecule has 1 fully saturated rings. The smallest absolute Gasteiger partial charge is 0.326 e. The van der Waals surface area contributed by atoms with E-state index in [9.17, 15) is 9.59 Å². The first-order chi connectivity index (χ1) is 5.66. The standard InChI is InChI=1S/C7H11NO4/c9-3-8-6(7(11)12)4-1-2-5(4)10/h3-6,10H,1-2H2,(H,8,9)(H,11,12). The van der Waals surface area contributed by atoms with Gasteiger partial charge in [0.2, 0.25) is 6.41 Å². The summed E-state index contributed by atoms with van der Waals surface area (Å²) in [7, 11) is 0. The van der Waals surface area contributed by atoms with E-state index in [1.807, 2.05) is 0 Å². The fourth-order valence-electron chi connectivity index (χ4n) is 1.35. The molecule has 1 amide bonds. The van der Waals surface area contributed by atoms with E-state index in [4.69, 9.17) is 10.2 Å². The van der Waals surface area contributed by atoms with Crippen molar-refractivity contribution >= 4 is 12.4 Å². The molecule has 1 rings (SSSR count). The normalized spacial score (nSPS) is 30.1. The van der Waals surface area contributed by atoms with Crippen LogP contribution in [0.4, 0.5) is 0 Å². The van der Waals surface area contributed by atoms with Crippen molar-refractivity contribution in [1.82, 2.24) is 5.32 Å². The second-order valence-electron chi connectivity index (χ2n) is 2.91. The monoisotopic (exact) mass is 173 g/mol. The Morgan fingerprint density at radius 1 is 1.58 bits per heavy atom. The Balaban J connectivity index is 2.52. The molecule has 3 unspecified atom stereocenters. The van der Waals surface area contributed by atoms with Crippen molar-refractivity contribution in [2.75, 3.05) is 0 Å². The zero-order valence-corrected chi connectivity index (χ0v) is 6.43. The van der Waals surface area contributed by atoms with Crippen LogP contribution in [0.2, 0.25) is 0 Å². The van der Waals surface area contributed by atoms with E-state index in [0.29, 0.717) is 19.3 Å². The summed E-state index contributed by atoms with van der Waals surface area (Å²) in [5, 5.41) is 19.9. The van der Waals surface area contributed by atoms with Crippen LogP contribution in [-0.4, -0.2) is 34.7 Å². The van der Waals surface area contributed by atoms with Gasteiger partial charge in [-0.15, -0.1) is 0 Å². The summed E-state index contributed by atoms with van der Waals surface area (Å²) in [5.74, 6) is -1.42. The number of nitrogens with one attached hydrogen (secondary N) is 1. The van der Waals surface area contributed by atoms with Crippen LogP contribution in [0, 0.1) is 5.92 Å². The third kappa shape index (κ3) is 1.55. The average molecular weight is 173 g/mol. The summed E-state index contributed by atoms with van der Waals surface area (Å²) in [6, 6.07) is -0.939. The number of carboxylic acid groups (broad SMARTS) is 1. The third-order valence-corrected chi connectivity index (χ3v) is 2.23. The maximum Gasteiger partial charge on any atom is 0.326 e. The molecule has 0 spiro atoms. The van der Waals surface area contributed by atoms with Crippen molar-refractivity contribution in [2.45, 2.75) is 25.0 Å². The number of hydrogen-bond acceptors (Lipinski definition) is 3. The summed E-state index contributed by atoms with van der Waals surface area (Å²) in [5.41, 5.74) is 0. The van der Waals surface area contributed by atoms with Gasteiger partial charge < -0.3 is 15.5 Å². The van der Waals surface area contributed by atoms with Gasteiger partial charge in [-0.05, 0) is 12.8 Å². The molecule has 0 aliphatic heterocycles. The number of hydrogen-bond donors (Lipinski definition) is 3. The molecule has 5 heteroatoms. The summed E-state index contributed by atoms with van der Waals surface area (Å²) >= 11 is 0. The van der Waals surface area contributed by atoms with E-state index in [2.05, 4.69) is 5.32 Å². The highest BCUT2D eigenvalue weighted by Crippen LogP contribution is 2.30. The SMILES string of the molecule is O=CNC(C(=O)O)C1CCC1O. The van der Waals surface area contributed by atoms with Gasteiger partial charge >= 0.3 is 5.97 Å². The zero-order valence-electron chi connectivity index (χ0n) is 6.43. The van der Waals surface area contributed by atoms with Crippen LogP contribution in [0.15, 0.2) is 0 Å². The Morgan fingerprint density at radius 2 is 2.25 bits per heavy atom. The fourth-order valence-corrected chi connectivity index (χ4v) is 1.35. The van der Waals surface area contributed by atoms with Gasteiger partial charge in [0.1, 0.15) is 6.04 Å². The zero-order chi connectivity index (χ0) is 9.14. The van der Waals surface area contributed by atoms with E-state index in [0.717, 1.165) is 0 Å². The van der Waals surface area contributed by atoms with Crippen molar-refractivity contribution in [3.05, 3.63) is 0 Å². The minimum Gasteiger partial charge on any atom is -0.480 e. The van der Waals surface area contributed by atoms with E-state index in [1.54, 1.807) is 0 Å². The summed E-state index contributed by atoms with van der Waals surface area (Å²) in [4.78, 5) is 20.6. The molecule has 5 nitrogen and oxygen atoms in total. The predicted molar refractivity (Wildman–Crippen MR) is 39.4 cm³/mol. The van der Waals surface area contributed by atoms with Gasteiger partial charge in [-0.25, -0.2) is 4.79 Å². The van der Waals surface area contributed by atoms with E-state index in [-0.39, 0.29) is 5.92 Å². The highest BCUT2D eigenvalue weighted by atomic mass is 16.4. The number of aliphatic hydroxyl groups excluding tert-OH is 1. The maximum atomic E-state index is 10.5. The number of aliphatic hydroxyl groups is 1. The van der Waals surface area contributed by atoms with Gasteiger partial charge in [-0.3, -0.25) is 4.79 Å². The molecule has 0 radical (unpaired) electrons. The third-order valence-electron chi connectivity index (χ3n) is 2.23. The molecule has 0 aromatic carbocycles. The Hall–Kier alpha value is -1.10. The van der Waals surface area contributed by atoms with E-state index >= 15 is 0 Å². The first-order valence-corrected chi connectivity index (χ1v) is 3.77. The van der Waals surface area contributed by atoms with Crippen molar-refractivity contribution < 1.29 is 19.8 Å². The molecule has 1 saturated carbocycles. The van der Waals surface area contributed by atoms with Gasteiger partial charge in [0.15, 0.2) is 0 Å².